The van der Waals surface area contributed by atoms with Gasteiger partial charge >= 0.3 is 0 Å². The van der Waals surface area contributed by atoms with Crippen molar-refractivity contribution in [2.45, 2.75) is 44.6 Å². The van der Waals surface area contributed by atoms with Crippen LogP contribution in [0, 0.1) is 5.41 Å². The second-order valence-corrected chi connectivity index (χ2v) is 8.54. The molecule has 3 N–H and O–H groups in total. The van der Waals surface area contributed by atoms with E-state index in [-0.39, 0.29) is 30.3 Å². The Morgan fingerprint density at radius 1 is 1.14 bits per heavy atom. The maximum Gasteiger partial charge on any atom is 0.253 e. The van der Waals surface area contributed by atoms with E-state index >= 15 is 0 Å². The molecule has 7 heteroatoms. The molecule has 1 saturated heterocycles. The number of nitrogens with one attached hydrogen (secondary N) is 3. The molecular formula is C21H28N4O3. The molecule has 4 rings (SSSR count). The van der Waals surface area contributed by atoms with E-state index in [1.807, 2.05) is 0 Å². The molecule has 150 valence electrons. The number of hydrogen-bond acceptors (Lipinski definition) is 4. The quantitative estimate of drug-likeness (QED) is 0.725. The SMILES string of the molecule is CN1CCC2(CCC(NC(=O)c3ccc4c(c3)NC(=O)CNC4=O)CC2)CC1. The fraction of sp³-hybridized carbons (Fsp3) is 0.571. The lowest BCUT2D eigenvalue weighted by Crippen LogP contribution is -2.44. The number of amides is 3. The molecule has 1 aromatic rings. The molecule has 1 aliphatic carbocycles. The fourth-order valence-electron chi connectivity index (χ4n) is 4.67. The molecular weight excluding hydrogens is 356 g/mol. The van der Waals surface area contributed by atoms with Gasteiger partial charge in [0.15, 0.2) is 0 Å². The highest BCUT2D eigenvalue weighted by Gasteiger charge is 2.37. The fourth-order valence-corrected chi connectivity index (χ4v) is 4.67. The van der Waals surface area contributed by atoms with Crippen molar-refractivity contribution in [1.29, 1.82) is 0 Å². The first-order valence-corrected chi connectivity index (χ1v) is 10.2. The number of carbonyl (C=O) groups is 3. The zero-order valence-corrected chi connectivity index (χ0v) is 16.3. The molecule has 2 aliphatic heterocycles. The third-order valence-electron chi connectivity index (χ3n) is 6.64. The predicted molar refractivity (Wildman–Crippen MR) is 106 cm³/mol. The van der Waals surface area contributed by atoms with Crippen molar-refractivity contribution in [3.63, 3.8) is 0 Å². The minimum Gasteiger partial charge on any atom is -0.349 e. The van der Waals surface area contributed by atoms with E-state index in [1.54, 1.807) is 18.2 Å². The van der Waals surface area contributed by atoms with Crippen molar-refractivity contribution in [2.24, 2.45) is 5.41 Å². The molecule has 2 heterocycles. The normalized spacial score (nSPS) is 22.8. The van der Waals surface area contributed by atoms with Gasteiger partial charge in [0.25, 0.3) is 11.8 Å². The molecule has 3 amide bonds. The van der Waals surface area contributed by atoms with Gasteiger partial charge < -0.3 is 20.9 Å². The van der Waals surface area contributed by atoms with Crippen molar-refractivity contribution in [1.82, 2.24) is 15.5 Å². The summed E-state index contributed by atoms with van der Waals surface area (Å²) in [6.07, 6.45) is 6.89. The van der Waals surface area contributed by atoms with E-state index in [4.69, 9.17) is 0 Å². The van der Waals surface area contributed by atoms with Crippen molar-refractivity contribution >= 4 is 23.4 Å². The van der Waals surface area contributed by atoms with Crippen LogP contribution in [0.2, 0.25) is 0 Å². The number of rotatable bonds is 2. The van der Waals surface area contributed by atoms with Crippen LogP contribution in [0.25, 0.3) is 0 Å². The summed E-state index contributed by atoms with van der Waals surface area (Å²) < 4.78 is 0. The van der Waals surface area contributed by atoms with Gasteiger partial charge in [-0.05, 0) is 82.3 Å². The number of likely N-dealkylation sites (tertiary alicyclic amines) is 1. The molecule has 28 heavy (non-hydrogen) atoms. The predicted octanol–water partition coefficient (Wildman–Crippen LogP) is 1.75. The first kappa shape index (κ1) is 18.9. The van der Waals surface area contributed by atoms with E-state index in [9.17, 15) is 14.4 Å². The topological polar surface area (TPSA) is 90.5 Å². The van der Waals surface area contributed by atoms with E-state index < -0.39 is 0 Å². The molecule has 1 aromatic carbocycles. The Hall–Kier alpha value is -2.41. The standard InChI is InChI=1S/C21H28N4O3/c1-25-10-8-21(9-11-25)6-4-15(5-7-21)23-19(27)14-2-3-16-17(12-14)24-18(26)13-22-20(16)28/h2-3,12,15H,4-11,13H2,1H3,(H,22,28)(H,23,27)(H,24,26). The molecule has 1 spiro atoms. The van der Waals surface area contributed by atoms with E-state index in [0.29, 0.717) is 22.2 Å². The number of piperidine rings is 1. The lowest BCUT2D eigenvalue weighted by atomic mass is 9.67. The number of nitrogens with zero attached hydrogens (tertiary/aromatic N) is 1. The lowest BCUT2D eigenvalue weighted by molar-refractivity contribution is -0.115. The maximum atomic E-state index is 12.7. The zero-order valence-electron chi connectivity index (χ0n) is 16.3. The van der Waals surface area contributed by atoms with E-state index in [0.717, 1.165) is 12.8 Å². The molecule has 7 nitrogen and oxygen atoms in total. The van der Waals surface area contributed by atoms with Gasteiger partial charge in [-0.3, -0.25) is 14.4 Å². The van der Waals surface area contributed by atoms with Crippen LogP contribution in [-0.2, 0) is 4.79 Å². The largest absolute Gasteiger partial charge is 0.349 e. The van der Waals surface area contributed by atoms with Gasteiger partial charge in [0, 0.05) is 11.6 Å². The Balaban J connectivity index is 1.38. The Labute approximate surface area is 165 Å². The number of fused-ring (bicyclic) bond motifs is 1. The van der Waals surface area contributed by atoms with Gasteiger partial charge in [-0.25, -0.2) is 0 Å². The van der Waals surface area contributed by atoms with Crippen molar-refractivity contribution in [3.05, 3.63) is 29.3 Å². The first-order valence-electron chi connectivity index (χ1n) is 10.2. The van der Waals surface area contributed by atoms with Crippen molar-refractivity contribution in [3.8, 4) is 0 Å². The minimum atomic E-state index is -0.309. The Morgan fingerprint density at radius 2 is 1.86 bits per heavy atom. The highest BCUT2D eigenvalue weighted by atomic mass is 16.2. The van der Waals surface area contributed by atoms with E-state index in [1.165, 1.54) is 38.8 Å². The molecule has 3 aliphatic rings. The van der Waals surface area contributed by atoms with Gasteiger partial charge in [-0.1, -0.05) is 0 Å². The molecule has 0 bridgehead atoms. The molecule has 0 aromatic heterocycles. The second kappa shape index (κ2) is 7.54. The van der Waals surface area contributed by atoms with Crippen LogP contribution in [0.4, 0.5) is 5.69 Å². The second-order valence-electron chi connectivity index (χ2n) is 8.54. The van der Waals surface area contributed by atoms with Gasteiger partial charge in [-0.2, -0.15) is 0 Å². The highest BCUT2D eigenvalue weighted by molar-refractivity contribution is 6.09. The zero-order chi connectivity index (χ0) is 19.7. The molecule has 0 unspecified atom stereocenters. The molecule has 0 radical (unpaired) electrons. The van der Waals surface area contributed by atoms with Gasteiger partial charge in [0.1, 0.15) is 0 Å². The Kier molecular flexibility index (Phi) is 5.10. The number of carbonyl (C=O) groups excluding carboxylic acids is 3. The van der Waals surface area contributed by atoms with Crippen LogP contribution in [0.3, 0.4) is 0 Å². The lowest BCUT2D eigenvalue weighted by Gasteiger charge is -2.45. The summed E-state index contributed by atoms with van der Waals surface area (Å²) in [5, 5.41) is 8.38. The Morgan fingerprint density at radius 3 is 2.57 bits per heavy atom. The monoisotopic (exact) mass is 384 g/mol. The maximum absolute atomic E-state index is 12.7. The summed E-state index contributed by atoms with van der Waals surface area (Å²) in [7, 11) is 2.19. The first-order chi connectivity index (χ1) is 13.4. The van der Waals surface area contributed by atoms with Crippen molar-refractivity contribution < 1.29 is 14.4 Å². The Bertz CT molecular complexity index is 789. The average molecular weight is 384 g/mol. The third kappa shape index (κ3) is 3.90. The summed E-state index contributed by atoms with van der Waals surface area (Å²) >= 11 is 0. The molecule has 0 atom stereocenters. The summed E-state index contributed by atoms with van der Waals surface area (Å²) in [6, 6.07) is 5.02. The van der Waals surface area contributed by atoms with Gasteiger partial charge in [0.05, 0.1) is 17.8 Å². The average Bonchev–Trinajstić information content (AvgIpc) is 2.84. The summed E-state index contributed by atoms with van der Waals surface area (Å²) in [5.74, 6) is -0.748. The van der Waals surface area contributed by atoms with Crippen LogP contribution in [0.1, 0.15) is 59.2 Å². The van der Waals surface area contributed by atoms with Crippen LogP contribution >= 0.6 is 0 Å². The van der Waals surface area contributed by atoms with Crippen LogP contribution < -0.4 is 16.0 Å². The molecule has 1 saturated carbocycles. The summed E-state index contributed by atoms with van der Waals surface area (Å²) in [5.41, 5.74) is 1.70. The molecule has 2 fully saturated rings. The number of benzene rings is 1. The van der Waals surface area contributed by atoms with Crippen molar-refractivity contribution in [2.75, 3.05) is 32.0 Å². The smallest absolute Gasteiger partial charge is 0.253 e. The van der Waals surface area contributed by atoms with Crippen LogP contribution in [0.15, 0.2) is 18.2 Å². The highest BCUT2D eigenvalue weighted by Crippen LogP contribution is 2.44. The third-order valence-corrected chi connectivity index (χ3v) is 6.64. The number of anilines is 1. The van der Waals surface area contributed by atoms with Gasteiger partial charge in [-0.15, -0.1) is 0 Å². The number of hydrogen-bond donors (Lipinski definition) is 3. The van der Waals surface area contributed by atoms with Crippen LogP contribution in [-0.4, -0.2) is 55.3 Å². The summed E-state index contributed by atoms with van der Waals surface area (Å²) in [4.78, 5) is 38.9. The summed E-state index contributed by atoms with van der Waals surface area (Å²) in [6.45, 7) is 2.28. The van der Waals surface area contributed by atoms with E-state index in [2.05, 4.69) is 27.9 Å². The van der Waals surface area contributed by atoms with Crippen LogP contribution in [0.5, 0.6) is 0 Å². The minimum absolute atomic E-state index is 0.0609. The van der Waals surface area contributed by atoms with Gasteiger partial charge in [0.2, 0.25) is 5.91 Å².